The van der Waals surface area contributed by atoms with Crippen molar-refractivity contribution in [3.05, 3.63) is 81.8 Å². The second-order valence-electron chi connectivity index (χ2n) is 8.95. The molecule has 0 saturated carbocycles. The number of aryl methyl sites for hydroxylation is 1. The van der Waals surface area contributed by atoms with Gasteiger partial charge in [-0.25, -0.2) is 0 Å². The third kappa shape index (κ3) is 4.08. The number of ether oxygens (including phenoxy) is 3. The van der Waals surface area contributed by atoms with Crippen LogP contribution in [0.5, 0.6) is 11.5 Å². The van der Waals surface area contributed by atoms with Crippen LogP contribution in [0.25, 0.3) is 0 Å². The molecule has 2 aromatic carbocycles. The van der Waals surface area contributed by atoms with E-state index in [4.69, 9.17) is 14.2 Å². The first-order valence-electron chi connectivity index (χ1n) is 11.6. The molecule has 0 radical (unpaired) electrons. The Kier molecular flexibility index (Phi) is 5.79. The molecule has 0 fully saturated rings. The van der Waals surface area contributed by atoms with E-state index < -0.39 is 5.92 Å². The van der Waals surface area contributed by atoms with Gasteiger partial charge in [-0.3, -0.25) is 9.59 Å². The lowest BCUT2D eigenvalue weighted by molar-refractivity contribution is -0.117. The van der Waals surface area contributed by atoms with E-state index in [0.29, 0.717) is 42.1 Å². The average molecular weight is 445 g/mol. The minimum absolute atomic E-state index is 0.0739. The summed E-state index contributed by atoms with van der Waals surface area (Å²) in [4.78, 5) is 25.9. The first kappa shape index (κ1) is 21.5. The largest absolute Gasteiger partial charge is 0.493 e. The number of methoxy groups -OCH3 is 1. The van der Waals surface area contributed by atoms with Gasteiger partial charge in [0.1, 0.15) is 18.1 Å². The fraction of sp³-hybridized carbons (Fsp3) is 0.357. The van der Waals surface area contributed by atoms with Crippen LogP contribution in [0.1, 0.15) is 61.1 Å². The summed E-state index contributed by atoms with van der Waals surface area (Å²) in [5.41, 5.74) is 4.43. The third-order valence-corrected chi connectivity index (χ3v) is 6.68. The van der Waals surface area contributed by atoms with Gasteiger partial charge in [0.05, 0.1) is 7.11 Å². The lowest BCUT2D eigenvalue weighted by atomic mass is 9.73. The number of benzene rings is 2. The minimum Gasteiger partial charge on any atom is -0.493 e. The Morgan fingerprint density at radius 1 is 0.848 bits per heavy atom. The Morgan fingerprint density at radius 2 is 1.48 bits per heavy atom. The van der Waals surface area contributed by atoms with Crippen molar-refractivity contribution in [1.29, 1.82) is 0 Å². The molecule has 2 aliphatic carbocycles. The molecule has 0 spiro atoms. The van der Waals surface area contributed by atoms with E-state index in [9.17, 15) is 9.59 Å². The fourth-order valence-corrected chi connectivity index (χ4v) is 4.98. The quantitative estimate of drug-likeness (QED) is 0.591. The van der Waals surface area contributed by atoms with E-state index in [-0.39, 0.29) is 11.6 Å². The summed E-state index contributed by atoms with van der Waals surface area (Å²) in [7, 11) is 1.61. The van der Waals surface area contributed by atoms with Crippen LogP contribution in [-0.4, -0.2) is 18.7 Å². The Balaban J connectivity index is 1.50. The van der Waals surface area contributed by atoms with Crippen LogP contribution in [0.3, 0.4) is 0 Å². The molecule has 0 saturated heterocycles. The van der Waals surface area contributed by atoms with E-state index in [2.05, 4.69) is 19.1 Å². The van der Waals surface area contributed by atoms with Gasteiger partial charge in [-0.15, -0.1) is 0 Å². The van der Waals surface area contributed by atoms with E-state index in [1.54, 1.807) is 7.11 Å². The zero-order valence-corrected chi connectivity index (χ0v) is 19.1. The predicted octanol–water partition coefficient (Wildman–Crippen LogP) is 5.71. The summed E-state index contributed by atoms with van der Waals surface area (Å²) in [6.07, 6.45) is 4.02. The zero-order chi connectivity index (χ0) is 22.9. The van der Waals surface area contributed by atoms with E-state index >= 15 is 0 Å². The molecule has 0 unspecified atom stereocenters. The summed E-state index contributed by atoms with van der Waals surface area (Å²) < 4.78 is 17.8. The first-order valence-corrected chi connectivity index (χ1v) is 11.6. The van der Waals surface area contributed by atoms with Gasteiger partial charge in [-0.05, 0) is 43.0 Å². The molecule has 0 aromatic heterocycles. The van der Waals surface area contributed by atoms with Crippen LogP contribution in [0.4, 0.5) is 0 Å². The van der Waals surface area contributed by atoms with E-state index in [1.807, 2.05) is 30.3 Å². The van der Waals surface area contributed by atoms with Crippen LogP contribution < -0.4 is 9.47 Å². The minimum atomic E-state index is -0.399. The first-order chi connectivity index (χ1) is 16.0. The van der Waals surface area contributed by atoms with Crippen molar-refractivity contribution in [2.24, 2.45) is 0 Å². The molecule has 5 rings (SSSR count). The van der Waals surface area contributed by atoms with Gasteiger partial charge >= 0.3 is 0 Å². The monoisotopic (exact) mass is 444 g/mol. The fourth-order valence-electron chi connectivity index (χ4n) is 4.98. The molecule has 0 amide bonds. The summed E-state index contributed by atoms with van der Waals surface area (Å²) in [5.74, 6) is 2.44. The van der Waals surface area contributed by atoms with Gasteiger partial charge in [0, 0.05) is 42.7 Å². The van der Waals surface area contributed by atoms with Gasteiger partial charge in [0.2, 0.25) is 0 Å². The number of ketones is 2. The number of hydrogen-bond donors (Lipinski definition) is 0. The van der Waals surface area contributed by atoms with Gasteiger partial charge in [-0.2, -0.15) is 0 Å². The van der Waals surface area contributed by atoms with Crippen molar-refractivity contribution in [3.8, 4) is 11.5 Å². The highest BCUT2D eigenvalue weighted by atomic mass is 16.5. The van der Waals surface area contributed by atoms with Crippen molar-refractivity contribution in [2.75, 3.05) is 7.11 Å². The zero-order valence-electron chi connectivity index (χ0n) is 19.1. The normalized spacial score (nSPS) is 18.6. The smallest absolute Gasteiger partial charge is 0.163 e. The Morgan fingerprint density at radius 3 is 2.09 bits per heavy atom. The summed E-state index contributed by atoms with van der Waals surface area (Å²) >= 11 is 0. The van der Waals surface area contributed by atoms with Crippen molar-refractivity contribution < 1.29 is 23.8 Å². The van der Waals surface area contributed by atoms with Crippen molar-refractivity contribution >= 4 is 11.6 Å². The Labute approximate surface area is 194 Å². The number of carbonyl (C=O) groups is 2. The molecule has 2 aromatic rings. The SMILES string of the molecule is COc1cc(C2C3=C(CCCC3=O)OC3=C2C(=O)CCC3)ccc1OCc1ccc(C)cc1. The maximum Gasteiger partial charge on any atom is 0.163 e. The molecule has 5 heteroatoms. The van der Waals surface area contributed by atoms with Crippen LogP contribution in [0.2, 0.25) is 0 Å². The van der Waals surface area contributed by atoms with Crippen molar-refractivity contribution in [3.63, 3.8) is 0 Å². The van der Waals surface area contributed by atoms with Gasteiger partial charge in [0.25, 0.3) is 0 Å². The molecule has 0 N–H and O–H groups in total. The number of rotatable bonds is 5. The van der Waals surface area contributed by atoms with Crippen molar-refractivity contribution in [2.45, 2.75) is 58.0 Å². The van der Waals surface area contributed by atoms with E-state index in [0.717, 1.165) is 48.3 Å². The van der Waals surface area contributed by atoms with Gasteiger partial charge < -0.3 is 14.2 Å². The number of carbonyl (C=O) groups excluding carboxylic acids is 2. The van der Waals surface area contributed by atoms with Crippen molar-refractivity contribution in [1.82, 2.24) is 0 Å². The summed E-state index contributed by atoms with van der Waals surface area (Å²) in [6.45, 7) is 2.48. The molecular formula is C28H28O5. The molecule has 170 valence electrons. The highest BCUT2D eigenvalue weighted by molar-refractivity contribution is 6.05. The van der Waals surface area contributed by atoms with Gasteiger partial charge in [0.15, 0.2) is 23.1 Å². The summed E-state index contributed by atoms with van der Waals surface area (Å²) in [6, 6.07) is 13.9. The van der Waals surface area contributed by atoms with Crippen LogP contribution in [0.15, 0.2) is 65.1 Å². The predicted molar refractivity (Wildman–Crippen MR) is 124 cm³/mol. The highest BCUT2D eigenvalue weighted by Crippen LogP contribution is 2.48. The average Bonchev–Trinajstić information content (AvgIpc) is 2.83. The third-order valence-electron chi connectivity index (χ3n) is 6.68. The Hall–Kier alpha value is -3.34. The summed E-state index contributed by atoms with van der Waals surface area (Å²) in [5, 5.41) is 0. The highest BCUT2D eigenvalue weighted by Gasteiger charge is 2.41. The molecule has 0 atom stereocenters. The second kappa shape index (κ2) is 8.89. The molecule has 1 heterocycles. The molecule has 1 aliphatic heterocycles. The van der Waals surface area contributed by atoms with Gasteiger partial charge in [-0.1, -0.05) is 35.9 Å². The molecule has 0 bridgehead atoms. The topological polar surface area (TPSA) is 61.8 Å². The molecule has 5 nitrogen and oxygen atoms in total. The standard InChI is InChI=1S/C28H28O5/c1-17-9-11-18(12-10-17)16-32-22-14-13-19(15-25(22)31-2)26-27-20(29)5-3-7-23(27)33-24-8-4-6-21(30)28(24)26/h9-15,26H,3-8,16H2,1-2H3. The maximum absolute atomic E-state index is 13.0. The molecule has 33 heavy (non-hydrogen) atoms. The van der Waals surface area contributed by atoms with Crippen LogP contribution in [-0.2, 0) is 20.9 Å². The van der Waals surface area contributed by atoms with E-state index in [1.165, 1.54) is 5.56 Å². The van der Waals surface area contributed by atoms with Crippen LogP contribution in [0, 0.1) is 6.92 Å². The maximum atomic E-state index is 13.0. The molecular weight excluding hydrogens is 416 g/mol. The molecule has 3 aliphatic rings. The van der Waals surface area contributed by atoms with Crippen LogP contribution >= 0.6 is 0 Å². The lowest BCUT2D eigenvalue weighted by Crippen LogP contribution is -2.30. The number of Topliss-reactive ketones (excluding diaryl/α,β-unsaturated/α-hetero) is 2. The second-order valence-corrected chi connectivity index (χ2v) is 8.95. The number of allylic oxidation sites excluding steroid dienone is 4. The lowest BCUT2D eigenvalue weighted by Gasteiger charge is -2.36. The number of hydrogen-bond acceptors (Lipinski definition) is 5. The Bertz CT molecular complexity index is 1130.